The van der Waals surface area contributed by atoms with Crippen molar-refractivity contribution in [2.24, 2.45) is 5.92 Å². The first-order chi connectivity index (χ1) is 7.81. The van der Waals surface area contributed by atoms with Gasteiger partial charge in [-0.2, -0.15) is 0 Å². The van der Waals surface area contributed by atoms with Gasteiger partial charge in [-0.25, -0.2) is 0 Å². The van der Waals surface area contributed by atoms with Crippen LogP contribution < -0.4 is 5.32 Å². The highest BCUT2D eigenvalue weighted by Gasteiger charge is 2.34. The lowest BCUT2D eigenvalue weighted by Gasteiger charge is -2.18. The van der Waals surface area contributed by atoms with Gasteiger partial charge in [-0.1, -0.05) is 0 Å². The van der Waals surface area contributed by atoms with Crippen LogP contribution in [0, 0.1) is 5.92 Å². The molecule has 0 aromatic carbocycles. The Morgan fingerprint density at radius 1 is 1.06 bits per heavy atom. The molecule has 0 bridgehead atoms. The number of hydrogen-bond donors (Lipinski definition) is 1. The topological polar surface area (TPSA) is 18.5 Å². The van der Waals surface area contributed by atoms with E-state index >= 15 is 0 Å². The second-order valence-electron chi connectivity index (χ2n) is 6.04. The van der Waals surface area contributed by atoms with Crippen molar-refractivity contribution in [3.63, 3.8) is 0 Å². The maximum absolute atomic E-state index is 3.79. The highest BCUT2D eigenvalue weighted by Crippen LogP contribution is 2.29. The Labute approximate surface area is 99.2 Å². The highest BCUT2D eigenvalue weighted by atomic mass is 15.2. The molecule has 2 atom stereocenters. The molecule has 0 spiro atoms. The minimum absolute atomic E-state index is 0.784. The Bertz CT molecular complexity index is 239. The van der Waals surface area contributed by atoms with Gasteiger partial charge in [0.25, 0.3) is 0 Å². The molecule has 2 unspecified atom stereocenters. The Morgan fingerprint density at radius 2 is 1.94 bits per heavy atom. The van der Waals surface area contributed by atoms with Crippen molar-refractivity contribution < 1.29 is 0 Å². The minimum Gasteiger partial charge on any atom is -0.312 e. The van der Waals surface area contributed by atoms with E-state index < -0.39 is 0 Å². The molecule has 2 saturated heterocycles. The van der Waals surface area contributed by atoms with Gasteiger partial charge in [-0.05, 0) is 51.7 Å². The third kappa shape index (κ3) is 2.58. The zero-order valence-corrected chi connectivity index (χ0v) is 10.5. The van der Waals surface area contributed by atoms with E-state index in [-0.39, 0.29) is 0 Å². The van der Waals surface area contributed by atoms with Gasteiger partial charge >= 0.3 is 0 Å². The first kappa shape index (κ1) is 11.0. The number of nitrogens with zero attached hydrogens (tertiary/aromatic N) is 2. The van der Waals surface area contributed by atoms with Crippen molar-refractivity contribution in [2.45, 2.75) is 37.8 Å². The average Bonchev–Trinajstić information content (AvgIpc) is 2.87. The molecule has 2 heterocycles. The molecular formula is C13H25N3. The van der Waals surface area contributed by atoms with Crippen LogP contribution in [0.3, 0.4) is 0 Å². The fourth-order valence-corrected chi connectivity index (χ4v) is 3.25. The first-order valence-corrected chi connectivity index (χ1v) is 6.97. The van der Waals surface area contributed by atoms with Crippen LogP contribution in [0.5, 0.6) is 0 Å². The van der Waals surface area contributed by atoms with E-state index in [0.29, 0.717) is 0 Å². The smallest absolute Gasteiger partial charge is 0.0207 e. The van der Waals surface area contributed by atoms with E-state index in [0.717, 1.165) is 18.0 Å². The number of likely N-dealkylation sites (tertiary alicyclic amines) is 2. The normalized spacial score (nSPS) is 37.3. The lowest BCUT2D eigenvalue weighted by molar-refractivity contribution is 0.313. The molecular weight excluding hydrogens is 198 g/mol. The van der Waals surface area contributed by atoms with Crippen LogP contribution in [0.1, 0.15) is 25.7 Å². The van der Waals surface area contributed by atoms with Crippen LogP contribution in [0.15, 0.2) is 0 Å². The molecule has 1 N–H and O–H groups in total. The van der Waals surface area contributed by atoms with Crippen molar-refractivity contribution >= 4 is 0 Å². The van der Waals surface area contributed by atoms with Crippen LogP contribution in [0.2, 0.25) is 0 Å². The summed E-state index contributed by atoms with van der Waals surface area (Å²) in [6.45, 7) is 6.49. The van der Waals surface area contributed by atoms with E-state index in [9.17, 15) is 0 Å². The van der Waals surface area contributed by atoms with Crippen LogP contribution in [-0.4, -0.2) is 61.7 Å². The number of nitrogens with one attached hydrogen (secondary N) is 1. The fourth-order valence-electron chi connectivity index (χ4n) is 3.25. The van der Waals surface area contributed by atoms with Gasteiger partial charge in [0.1, 0.15) is 0 Å². The molecule has 3 aliphatic rings. The summed E-state index contributed by atoms with van der Waals surface area (Å²) in [5.41, 5.74) is 0. The first-order valence-electron chi connectivity index (χ1n) is 6.97. The third-order valence-electron chi connectivity index (χ3n) is 4.47. The molecule has 3 rings (SSSR count). The lowest BCUT2D eigenvalue weighted by atomic mass is 10.1. The molecule has 3 nitrogen and oxygen atoms in total. The predicted octanol–water partition coefficient (Wildman–Crippen LogP) is 0.764. The van der Waals surface area contributed by atoms with E-state index in [1.807, 2.05) is 0 Å². The molecule has 1 aliphatic carbocycles. The van der Waals surface area contributed by atoms with Gasteiger partial charge in [0.15, 0.2) is 0 Å². The zero-order chi connectivity index (χ0) is 11.0. The molecule has 16 heavy (non-hydrogen) atoms. The summed E-state index contributed by atoms with van der Waals surface area (Å²) in [5, 5.41) is 3.79. The molecule has 92 valence electrons. The van der Waals surface area contributed by atoms with Gasteiger partial charge in [-0.15, -0.1) is 0 Å². The second kappa shape index (κ2) is 4.63. The molecule has 0 radical (unpaired) electrons. The van der Waals surface area contributed by atoms with E-state index in [1.165, 1.54) is 58.4 Å². The van der Waals surface area contributed by atoms with Crippen LogP contribution in [0.25, 0.3) is 0 Å². The van der Waals surface area contributed by atoms with Gasteiger partial charge in [-0.3, -0.25) is 4.90 Å². The maximum Gasteiger partial charge on any atom is 0.0207 e. The molecule has 2 aliphatic heterocycles. The summed E-state index contributed by atoms with van der Waals surface area (Å²) in [7, 11) is 2.24. The fraction of sp³-hybridized carbons (Fsp3) is 1.00. The lowest BCUT2D eigenvalue weighted by Crippen LogP contribution is -2.36. The molecule has 0 aromatic rings. The average molecular weight is 223 g/mol. The summed E-state index contributed by atoms with van der Waals surface area (Å²) in [6, 6.07) is 1.75. The third-order valence-corrected chi connectivity index (χ3v) is 4.47. The standard InChI is InChI=1S/C13H25N3/c1-15-6-4-11(9-15)8-14-12-5-7-16(10-12)13-2-3-13/h11-14H,2-10H2,1H3. The molecule has 3 heteroatoms. The summed E-state index contributed by atoms with van der Waals surface area (Å²) >= 11 is 0. The summed E-state index contributed by atoms with van der Waals surface area (Å²) in [4.78, 5) is 5.15. The Kier molecular flexibility index (Phi) is 3.18. The van der Waals surface area contributed by atoms with Gasteiger partial charge in [0, 0.05) is 31.7 Å². The van der Waals surface area contributed by atoms with Crippen molar-refractivity contribution in [3.05, 3.63) is 0 Å². The van der Waals surface area contributed by atoms with Crippen molar-refractivity contribution in [3.8, 4) is 0 Å². The molecule has 0 aromatic heterocycles. The maximum atomic E-state index is 3.79. The molecule has 0 amide bonds. The minimum atomic E-state index is 0.784. The summed E-state index contributed by atoms with van der Waals surface area (Å²) in [6.07, 6.45) is 5.68. The Morgan fingerprint density at radius 3 is 2.62 bits per heavy atom. The quantitative estimate of drug-likeness (QED) is 0.759. The van der Waals surface area contributed by atoms with Crippen LogP contribution in [0.4, 0.5) is 0 Å². The van der Waals surface area contributed by atoms with Crippen molar-refractivity contribution in [1.82, 2.24) is 15.1 Å². The zero-order valence-electron chi connectivity index (χ0n) is 10.5. The van der Waals surface area contributed by atoms with Gasteiger partial charge < -0.3 is 10.2 Å². The SMILES string of the molecule is CN1CCC(CNC2CCN(C3CC3)C2)C1. The van der Waals surface area contributed by atoms with Gasteiger partial charge in [0.05, 0.1) is 0 Å². The van der Waals surface area contributed by atoms with Crippen molar-refractivity contribution in [1.29, 1.82) is 0 Å². The van der Waals surface area contributed by atoms with Crippen LogP contribution >= 0.6 is 0 Å². The predicted molar refractivity (Wildman–Crippen MR) is 66.6 cm³/mol. The number of rotatable bonds is 4. The summed E-state index contributed by atoms with van der Waals surface area (Å²) in [5.74, 6) is 0.903. The Balaban J connectivity index is 1.36. The molecule has 3 fully saturated rings. The monoisotopic (exact) mass is 223 g/mol. The van der Waals surface area contributed by atoms with Gasteiger partial charge in [0.2, 0.25) is 0 Å². The van der Waals surface area contributed by atoms with E-state index in [2.05, 4.69) is 22.2 Å². The van der Waals surface area contributed by atoms with Crippen molar-refractivity contribution in [2.75, 3.05) is 39.8 Å². The molecule has 1 saturated carbocycles. The van der Waals surface area contributed by atoms with Crippen LogP contribution in [-0.2, 0) is 0 Å². The number of hydrogen-bond acceptors (Lipinski definition) is 3. The largest absolute Gasteiger partial charge is 0.312 e. The Hall–Kier alpha value is -0.120. The summed E-state index contributed by atoms with van der Waals surface area (Å²) < 4.78 is 0. The van der Waals surface area contributed by atoms with E-state index in [1.54, 1.807) is 0 Å². The second-order valence-corrected chi connectivity index (χ2v) is 6.04. The highest BCUT2D eigenvalue weighted by molar-refractivity contribution is 4.92. The van der Waals surface area contributed by atoms with E-state index in [4.69, 9.17) is 0 Å².